The summed E-state index contributed by atoms with van der Waals surface area (Å²) in [4.78, 5) is 7.24. The Balaban J connectivity index is 0.00000128. The molecular weight excluding hydrogens is 259 g/mol. The molecule has 4 nitrogen and oxygen atoms in total. The van der Waals surface area contributed by atoms with Crippen molar-refractivity contribution in [2.24, 2.45) is 0 Å². The molecule has 0 aromatic carbocycles. The predicted octanol–water partition coefficient (Wildman–Crippen LogP) is 0.966. The second kappa shape index (κ2) is 7.04. The second-order valence-electron chi connectivity index (χ2n) is 3.44. The largest absolute Gasteiger partial charge is 0.362 e. The zero-order valence-corrected chi connectivity index (χ0v) is 11.1. The summed E-state index contributed by atoms with van der Waals surface area (Å²) in [6, 6.07) is 5.96. The molecule has 0 fully saturated rings. The van der Waals surface area contributed by atoms with E-state index in [9.17, 15) is 0 Å². The highest BCUT2D eigenvalue weighted by Crippen LogP contribution is 2.03. The molecule has 92 valence electrons. The predicted molar refractivity (Wildman–Crippen MR) is 70.2 cm³/mol. The first-order valence-corrected chi connectivity index (χ1v) is 4.83. The number of aryl methyl sites for hydroxylation is 1. The van der Waals surface area contributed by atoms with Crippen LogP contribution in [0.15, 0.2) is 36.8 Å². The molecule has 0 atom stereocenters. The zero-order valence-electron chi connectivity index (χ0n) is 9.46. The molecule has 17 heavy (non-hydrogen) atoms. The van der Waals surface area contributed by atoms with Crippen LogP contribution < -0.4 is 15.3 Å². The SMILES string of the molecule is Cc1nc(N)c(C[n+]2ccccc2)c[nH+]1.Cl.Cl. The van der Waals surface area contributed by atoms with Gasteiger partial charge in [0, 0.05) is 19.1 Å². The van der Waals surface area contributed by atoms with Gasteiger partial charge in [-0.25, -0.2) is 9.55 Å². The first-order valence-electron chi connectivity index (χ1n) is 4.83. The molecule has 0 radical (unpaired) electrons. The summed E-state index contributed by atoms with van der Waals surface area (Å²) in [5.74, 6) is 1.41. The van der Waals surface area contributed by atoms with Crippen molar-refractivity contribution in [2.75, 3.05) is 5.73 Å². The number of anilines is 1. The van der Waals surface area contributed by atoms with Crippen LogP contribution in [0.3, 0.4) is 0 Å². The highest BCUT2D eigenvalue weighted by Gasteiger charge is 2.12. The van der Waals surface area contributed by atoms with Crippen LogP contribution >= 0.6 is 24.8 Å². The van der Waals surface area contributed by atoms with Gasteiger partial charge in [0.2, 0.25) is 0 Å². The summed E-state index contributed by atoms with van der Waals surface area (Å²) in [5, 5.41) is 0. The van der Waals surface area contributed by atoms with Crippen molar-refractivity contribution in [3.05, 3.63) is 48.2 Å². The maximum Gasteiger partial charge on any atom is 0.295 e. The summed E-state index contributed by atoms with van der Waals surface area (Å²) < 4.78 is 2.05. The molecule has 2 rings (SSSR count). The van der Waals surface area contributed by atoms with E-state index in [1.54, 1.807) is 0 Å². The fourth-order valence-corrected chi connectivity index (χ4v) is 1.41. The Morgan fingerprint density at radius 3 is 2.47 bits per heavy atom. The lowest BCUT2D eigenvalue weighted by Crippen LogP contribution is -2.34. The molecule has 0 saturated heterocycles. The van der Waals surface area contributed by atoms with Gasteiger partial charge in [0.15, 0.2) is 18.9 Å². The Morgan fingerprint density at radius 2 is 1.88 bits per heavy atom. The first-order chi connectivity index (χ1) is 7.25. The molecule has 0 aliphatic heterocycles. The summed E-state index contributed by atoms with van der Waals surface area (Å²) >= 11 is 0. The van der Waals surface area contributed by atoms with Gasteiger partial charge >= 0.3 is 0 Å². The quantitative estimate of drug-likeness (QED) is 0.830. The van der Waals surface area contributed by atoms with E-state index in [-0.39, 0.29) is 24.8 Å². The average molecular weight is 275 g/mol. The highest BCUT2D eigenvalue weighted by molar-refractivity contribution is 5.85. The smallest absolute Gasteiger partial charge is 0.295 e. The Bertz CT molecular complexity index is 462. The minimum Gasteiger partial charge on any atom is -0.362 e. The normalized spacial score (nSPS) is 9.00. The van der Waals surface area contributed by atoms with Crippen LogP contribution in [0.2, 0.25) is 0 Å². The van der Waals surface area contributed by atoms with Gasteiger partial charge in [-0.05, 0) is 4.98 Å². The second-order valence-corrected chi connectivity index (χ2v) is 3.44. The van der Waals surface area contributed by atoms with Crippen molar-refractivity contribution in [2.45, 2.75) is 13.5 Å². The lowest BCUT2D eigenvalue weighted by molar-refractivity contribution is -0.688. The van der Waals surface area contributed by atoms with Crippen molar-refractivity contribution < 1.29 is 9.55 Å². The van der Waals surface area contributed by atoms with Crippen molar-refractivity contribution in [1.82, 2.24) is 4.98 Å². The molecule has 0 spiro atoms. The number of nitrogens with one attached hydrogen (secondary N) is 1. The van der Waals surface area contributed by atoms with Gasteiger partial charge in [-0.3, -0.25) is 0 Å². The van der Waals surface area contributed by atoms with Crippen LogP contribution in [0.4, 0.5) is 5.82 Å². The van der Waals surface area contributed by atoms with E-state index in [0.717, 1.165) is 17.9 Å². The van der Waals surface area contributed by atoms with Gasteiger partial charge in [0.25, 0.3) is 11.6 Å². The van der Waals surface area contributed by atoms with Crippen LogP contribution in [-0.2, 0) is 6.54 Å². The lowest BCUT2D eigenvalue weighted by atomic mass is 10.3. The third kappa shape index (κ3) is 4.17. The van der Waals surface area contributed by atoms with Crippen LogP contribution in [0.25, 0.3) is 0 Å². The van der Waals surface area contributed by atoms with Crippen LogP contribution in [0.1, 0.15) is 11.4 Å². The van der Waals surface area contributed by atoms with E-state index < -0.39 is 0 Å². The third-order valence-electron chi connectivity index (χ3n) is 2.20. The van der Waals surface area contributed by atoms with Crippen molar-refractivity contribution in [3.8, 4) is 0 Å². The molecule has 0 aliphatic rings. The van der Waals surface area contributed by atoms with E-state index in [1.165, 1.54) is 0 Å². The van der Waals surface area contributed by atoms with Gasteiger partial charge in [-0.2, -0.15) is 0 Å². The number of rotatable bonds is 2. The number of pyridine rings is 1. The molecule has 0 unspecified atom stereocenters. The standard InChI is InChI=1S/C11H13N4.2ClH/c1-9-13-7-10(11(12)14-9)8-15-5-3-2-4-6-15;;/h2-7H,8H2,1H3,(H2,12,13,14);2*1H/q+1;;/p+1. The summed E-state index contributed by atoms with van der Waals surface area (Å²) in [5.41, 5.74) is 6.82. The Morgan fingerprint density at radius 1 is 1.24 bits per heavy atom. The van der Waals surface area contributed by atoms with Gasteiger partial charge in [-0.1, -0.05) is 6.07 Å². The number of nitrogens with zero attached hydrogens (tertiary/aromatic N) is 2. The van der Waals surface area contributed by atoms with Gasteiger partial charge in [0.05, 0.1) is 0 Å². The molecule has 2 aromatic heterocycles. The van der Waals surface area contributed by atoms with Crippen molar-refractivity contribution in [3.63, 3.8) is 0 Å². The number of hydrogen-bond acceptors (Lipinski definition) is 2. The molecule has 6 heteroatoms. The maximum absolute atomic E-state index is 5.82. The Hall–Kier alpha value is -1.39. The third-order valence-corrected chi connectivity index (χ3v) is 2.20. The monoisotopic (exact) mass is 274 g/mol. The number of nitrogens with two attached hydrogens (primary N) is 1. The molecule has 3 N–H and O–H groups in total. The minimum absolute atomic E-state index is 0. The lowest BCUT2D eigenvalue weighted by Gasteiger charge is -1.96. The zero-order chi connectivity index (χ0) is 10.7. The van der Waals surface area contributed by atoms with E-state index in [0.29, 0.717) is 5.82 Å². The summed E-state index contributed by atoms with van der Waals surface area (Å²) in [6.45, 7) is 2.62. The van der Waals surface area contributed by atoms with E-state index >= 15 is 0 Å². The highest BCUT2D eigenvalue weighted by atomic mass is 35.5. The average Bonchev–Trinajstić information content (AvgIpc) is 2.24. The molecule has 0 aliphatic carbocycles. The summed E-state index contributed by atoms with van der Waals surface area (Å²) in [6.07, 6.45) is 5.90. The topological polar surface area (TPSA) is 56.9 Å². The van der Waals surface area contributed by atoms with Crippen molar-refractivity contribution >= 4 is 30.6 Å². The number of hydrogen-bond donors (Lipinski definition) is 1. The van der Waals surface area contributed by atoms with Gasteiger partial charge in [-0.15, -0.1) is 24.8 Å². The number of halogens is 2. The Kier molecular flexibility index (Phi) is 6.46. The number of aromatic nitrogens is 3. The van der Waals surface area contributed by atoms with Crippen LogP contribution in [0, 0.1) is 6.92 Å². The van der Waals surface area contributed by atoms with E-state index in [1.807, 2.05) is 43.7 Å². The maximum atomic E-state index is 5.82. The first kappa shape index (κ1) is 15.6. The summed E-state index contributed by atoms with van der Waals surface area (Å²) in [7, 11) is 0. The molecule has 0 bridgehead atoms. The molecular formula is C11H16Cl2N4+2. The number of nitrogen functional groups attached to an aromatic ring is 1. The van der Waals surface area contributed by atoms with E-state index in [2.05, 4.69) is 14.5 Å². The fourth-order valence-electron chi connectivity index (χ4n) is 1.41. The van der Waals surface area contributed by atoms with Gasteiger partial charge in [0.1, 0.15) is 11.8 Å². The van der Waals surface area contributed by atoms with Crippen LogP contribution in [-0.4, -0.2) is 4.98 Å². The molecule has 0 amide bonds. The number of aromatic amines is 1. The van der Waals surface area contributed by atoms with Crippen molar-refractivity contribution in [1.29, 1.82) is 0 Å². The molecule has 0 saturated carbocycles. The minimum atomic E-state index is 0. The number of H-pyrrole nitrogens is 1. The molecule has 2 aromatic rings. The fraction of sp³-hybridized carbons (Fsp3) is 0.182. The molecule has 2 heterocycles. The van der Waals surface area contributed by atoms with Gasteiger partial charge < -0.3 is 5.73 Å². The Labute approximate surface area is 113 Å². The van der Waals surface area contributed by atoms with E-state index in [4.69, 9.17) is 5.73 Å². The van der Waals surface area contributed by atoms with Crippen LogP contribution in [0.5, 0.6) is 0 Å².